The number of carbonyl (C=O) groups is 1. The van der Waals surface area contributed by atoms with E-state index in [0.29, 0.717) is 11.3 Å². The van der Waals surface area contributed by atoms with Crippen LogP contribution in [0.2, 0.25) is 0 Å². The van der Waals surface area contributed by atoms with Crippen molar-refractivity contribution in [3.05, 3.63) is 24.4 Å². The molecule has 1 heterocycles. The van der Waals surface area contributed by atoms with Crippen molar-refractivity contribution in [1.29, 1.82) is 0 Å². The number of hydrogen-bond donors (Lipinski definition) is 2. The molecule has 0 unspecified atom stereocenters. The molecule has 1 aromatic heterocycles. The largest absolute Gasteiger partial charge is 0.335 e. The summed E-state index contributed by atoms with van der Waals surface area (Å²) in [6.07, 6.45) is 6.48. The molecular weight excluding hydrogens is 314 g/mol. The molecule has 6 heteroatoms. The van der Waals surface area contributed by atoms with E-state index in [1.807, 2.05) is 36.2 Å². The molecule has 1 saturated carbocycles. The van der Waals surface area contributed by atoms with Gasteiger partial charge in [0.1, 0.15) is 0 Å². The molecule has 3 rings (SSSR count). The molecule has 2 atom stereocenters. The Hall–Kier alpha value is -1.27. The number of rotatable bonds is 4. The first-order chi connectivity index (χ1) is 10.7. The Morgan fingerprint density at radius 1 is 1.45 bits per heavy atom. The minimum atomic E-state index is -0.102. The molecule has 0 aliphatic heterocycles. The van der Waals surface area contributed by atoms with Crippen LogP contribution in [-0.4, -0.2) is 27.4 Å². The van der Waals surface area contributed by atoms with Crippen LogP contribution in [0.4, 0.5) is 10.5 Å². The average molecular weight is 335 g/mol. The summed E-state index contributed by atoms with van der Waals surface area (Å²) in [5.41, 5.74) is 0.820. The van der Waals surface area contributed by atoms with Gasteiger partial charge in [-0.25, -0.2) is 4.79 Å². The van der Waals surface area contributed by atoms with E-state index >= 15 is 0 Å². The summed E-state index contributed by atoms with van der Waals surface area (Å²) in [4.78, 5) is 12.2. The molecule has 2 N–H and O–H groups in total. The Labute approximate surface area is 139 Å². The maximum absolute atomic E-state index is 12.2. The molecule has 0 radical (unpaired) electrons. The van der Waals surface area contributed by atoms with E-state index in [9.17, 15) is 4.79 Å². The quantitative estimate of drug-likeness (QED) is 0.866. The van der Waals surface area contributed by atoms with Gasteiger partial charge in [-0.2, -0.15) is 16.1 Å². The molecule has 0 spiro atoms. The van der Waals surface area contributed by atoms with Crippen molar-refractivity contribution in [3.63, 3.8) is 0 Å². The van der Waals surface area contributed by atoms with Gasteiger partial charge < -0.3 is 10.6 Å². The van der Waals surface area contributed by atoms with Gasteiger partial charge in [0.05, 0.1) is 4.70 Å². The predicted molar refractivity (Wildman–Crippen MR) is 96.0 cm³/mol. The molecule has 22 heavy (non-hydrogen) atoms. The Morgan fingerprint density at radius 3 is 3.23 bits per heavy atom. The van der Waals surface area contributed by atoms with Crippen molar-refractivity contribution in [1.82, 2.24) is 9.69 Å². The zero-order valence-corrected chi connectivity index (χ0v) is 14.3. The highest BCUT2D eigenvalue weighted by Crippen LogP contribution is 2.28. The van der Waals surface area contributed by atoms with Crippen molar-refractivity contribution in [3.8, 4) is 0 Å². The Balaban J connectivity index is 1.55. The van der Waals surface area contributed by atoms with Crippen LogP contribution in [0.1, 0.15) is 32.6 Å². The molecular formula is C16H21N3OS2. The van der Waals surface area contributed by atoms with Crippen LogP contribution in [0.25, 0.3) is 10.1 Å². The van der Waals surface area contributed by atoms with Crippen LogP contribution in [-0.2, 0) is 0 Å². The molecule has 2 aromatic rings. The molecule has 1 aliphatic rings. The average Bonchev–Trinajstić information content (AvgIpc) is 2.95. The van der Waals surface area contributed by atoms with Gasteiger partial charge in [0.15, 0.2) is 0 Å². The minimum absolute atomic E-state index is 0.102. The number of fused-ring (bicyclic) bond motifs is 1. The first kappa shape index (κ1) is 15.6. The number of nitrogens with zero attached hydrogens (tertiary/aromatic N) is 1. The topological polar surface area (TPSA) is 54.0 Å². The van der Waals surface area contributed by atoms with Gasteiger partial charge in [0, 0.05) is 28.6 Å². The maximum Gasteiger partial charge on any atom is 0.319 e. The van der Waals surface area contributed by atoms with Crippen LogP contribution in [0.15, 0.2) is 24.4 Å². The summed E-state index contributed by atoms with van der Waals surface area (Å²) < 4.78 is 5.29. The van der Waals surface area contributed by atoms with Crippen molar-refractivity contribution in [2.45, 2.75) is 43.9 Å². The zero-order chi connectivity index (χ0) is 15.4. The van der Waals surface area contributed by atoms with Gasteiger partial charge >= 0.3 is 6.03 Å². The van der Waals surface area contributed by atoms with Gasteiger partial charge in [-0.3, -0.25) is 0 Å². The number of aromatic nitrogens is 1. The van der Waals surface area contributed by atoms with Crippen molar-refractivity contribution in [2.24, 2.45) is 0 Å². The summed E-state index contributed by atoms with van der Waals surface area (Å²) in [5.74, 6) is 1.15. The van der Waals surface area contributed by atoms with Gasteiger partial charge in [-0.05, 0) is 54.7 Å². The second-order valence-corrected chi connectivity index (χ2v) is 8.03. The van der Waals surface area contributed by atoms with Gasteiger partial charge in [-0.1, -0.05) is 13.3 Å². The summed E-state index contributed by atoms with van der Waals surface area (Å²) in [7, 11) is 0. The Morgan fingerprint density at radius 2 is 2.36 bits per heavy atom. The molecule has 0 bridgehead atoms. The smallest absolute Gasteiger partial charge is 0.319 e. The molecule has 1 fully saturated rings. The molecule has 2 amide bonds. The first-order valence-corrected chi connectivity index (χ1v) is 9.60. The van der Waals surface area contributed by atoms with Crippen LogP contribution < -0.4 is 10.6 Å². The molecule has 1 aliphatic carbocycles. The molecule has 0 saturated heterocycles. The summed E-state index contributed by atoms with van der Waals surface area (Å²) in [6, 6.07) is 6.09. The SMILES string of the molecule is CCS[C@@H]1CCC[C@H](NC(=O)Nc2ccc3sncc3c2)C1. The number of amides is 2. The fraction of sp³-hybridized carbons (Fsp3) is 0.500. The summed E-state index contributed by atoms with van der Waals surface area (Å²) in [6.45, 7) is 2.20. The monoisotopic (exact) mass is 335 g/mol. The standard InChI is InChI=1S/C16H21N3OS2/c1-2-21-14-5-3-4-12(9-14)18-16(20)19-13-6-7-15-11(8-13)10-17-22-15/h6-8,10,12,14H,2-5,9H2,1H3,(H2,18,19,20)/t12-,14+/m0/s1. The maximum atomic E-state index is 12.2. The number of carbonyl (C=O) groups excluding carboxylic acids is 1. The third-order valence-electron chi connectivity index (χ3n) is 3.97. The predicted octanol–water partition coefficient (Wildman–Crippen LogP) is 4.48. The minimum Gasteiger partial charge on any atom is -0.335 e. The van der Waals surface area contributed by atoms with E-state index < -0.39 is 0 Å². The molecule has 118 valence electrons. The highest BCUT2D eigenvalue weighted by atomic mass is 32.2. The van der Waals surface area contributed by atoms with E-state index in [1.54, 1.807) is 0 Å². The van der Waals surface area contributed by atoms with Crippen LogP contribution in [0.3, 0.4) is 0 Å². The normalized spacial score (nSPS) is 21.7. The van der Waals surface area contributed by atoms with Gasteiger partial charge in [0.2, 0.25) is 0 Å². The number of thioether (sulfide) groups is 1. The van der Waals surface area contributed by atoms with Gasteiger partial charge in [-0.15, -0.1) is 0 Å². The van der Waals surface area contributed by atoms with Gasteiger partial charge in [0.25, 0.3) is 0 Å². The third-order valence-corrected chi connectivity index (χ3v) is 5.99. The highest BCUT2D eigenvalue weighted by molar-refractivity contribution is 7.99. The number of anilines is 1. The van der Waals surface area contributed by atoms with Crippen LogP contribution in [0, 0.1) is 0 Å². The van der Waals surface area contributed by atoms with Crippen LogP contribution in [0.5, 0.6) is 0 Å². The molecule has 4 nitrogen and oxygen atoms in total. The van der Waals surface area contributed by atoms with Crippen molar-refractivity contribution in [2.75, 3.05) is 11.1 Å². The number of urea groups is 1. The second-order valence-electron chi connectivity index (χ2n) is 5.62. The second kappa shape index (κ2) is 7.33. The zero-order valence-electron chi connectivity index (χ0n) is 12.7. The van der Waals surface area contributed by atoms with E-state index in [-0.39, 0.29) is 6.03 Å². The fourth-order valence-corrected chi connectivity index (χ4v) is 4.76. The van der Waals surface area contributed by atoms with Crippen molar-refractivity contribution < 1.29 is 4.79 Å². The van der Waals surface area contributed by atoms with E-state index in [1.165, 1.54) is 24.4 Å². The lowest BCUT2D eigenvalue weighted by Gasteiger charge is -2.29. The van der Waals surface area contributed by atoms with Crippen LogP contribution >= 0.6 is 23.3 Å². The number of nitrogens with one attached hydrogen (secondary N) is 2. The van der Waals surface area contributed by atoms with E-state index in [0.717, 1.165) is 34.4 Å². The Bertz CT molecular complexity index is 641. The van der Waals surface area contributed by atoms with E-state index in [2.05, 4.69) is 21.9 Å². The lowest BCUT2D eigenvalue weighted by molar-refractivity contribution is 0.244. The summed E-state index contributed by atoms with van der Waals surface area (Å²) in [5, 5.41) is 7.82. The first-order valence-electron chi connectivity index (χ1n) is 7.78. The Kier molecular flexibility index (Phi) is 5.20. The number of hydrogen-bond acceptors (Lipinski definition) is 4. The van der Waals surface area contributed by atoms with Crippen molar-refractivity contribution >= 4 is 45.1 Å². The van der Waals surface area contributed by atoms with E-state index in [4.69, 9.17) is 0 Å². The lowest BCUT2D eigenvalue weighted by atomic mass is 9.95. The lowest BCUT2D eigenvalue weighted by Crippen LogP contribution is -2.41. The third kappa shape index (κ3) is 3.93. The number of benzene rings is 1. The highest BCUT2D eigenvalue weighted by Gasteiger charge is 2.23. The fourth-order valence-electron chi connectivity index (χ4n) is 2.97. The molecule has 1 aromatic carbocycles. The summed E-state index contributed by atoms with van der Waals surface area (Å²) >= 11 is 3.48.